The van der Waals surface area contributed by atoms with E-state index < -0.39 is 74.2 Å². The van der Waals surface area contributed by atoms with Crippen molar-refractivity contribution in [2.45, 2.75) is 217 Å². The van der Waals surface area contributed by atoms with Gasteiger partial charge in [-0.15, -0.1) is 0 Å². The summed E-state index contributed by atoms with van der Waals surface area (Å²) in [6.45, 7) is 3.34. The van der Waals surface area contributed by atoms with Gasteiger partial charge in [0.15, 0.2) is 6.29 Å². The predicted octanol–water partition coefficient (Wildman–Crippen LogP) is 5.49. The van der Waals surface area contributed by atoms with E-state index in [9.17, 15) is 40.5 Å². The van der Waals surface area contributed by atoms with Gasteiger partial charge in [0.1, 0.15) is 36.6 Å². The second kappa shape index (κ2) is 31.9. The number of aliphatic hydroxyl groups is 7. The topological polar surface area (TPSA) is 189 Å². The van der Waals surface area contributed by atoms with E-state index in [4.69, 9.17) is 9.47 Å². The predicted molar refractivity (Wildman–Crippen MR) is 205 cm³/mol. The van der Waals surface area contributed by atoms with Gasteiger partial charge in [-0.3, -0.25) is 4.79 Å². The number of unbranched alkanes of at least 4 members (excludes halogenated alkanes) is 17. The molecule has 1 saturated heterocycles. The summed E-state index contributed by atoms with van der Waals surface area (Å²) >= 11 is 0. The molecule has 9 unspecified atom stereocenters. The number of carbonyl (C=O) groups excluding carboxylic acids is 1. The molecule has 8 N–H and O–H groups in total. The molecule has 0 aromatic rings. The van der Waals surface area contributed by atoms with Crippen LogP contribution in [0.1, 0.15) is 162 Å². The van der Waals surface area contributed by atoms with Crippen LogP contribution in [0.25, 0.3) is 0 Å². The van der Waals surface area contributed by atoms with Gasteiger partial charge in [-0.2, -0.15) is 0 Å². The van der Waals surface area contributed by atoms with Crippen molar-refractivity contribution in [3.05, 3.63) is 24.3 Å². The zero-order valence-electron chi connectivity index (χ0n) is 32.5. The van der Waals surface area contributed by atoms with Crippen molar-refractivity contribution in [2.75, 3.05) is 13.2 Å². The highest BCUT2D eigenvalue weighted by molar-refractivity contribution is 5.80. The molecule has 11 nitrogen and oxygen atoms in total. The highest BCUT2D eigenvalue weighted by Crippen LogP contribution is 2.23. The Kier molecular flexibility index (Phi) is 29.8. The van der Waals surface area contributed by atoms with Crippen LogP contribution in [0, 0.1) is 0 Å². The zero-order valence-corrected chi connectivity index (χ0v) is 32.5. The lowest BCUT2D eigenvalue weighted by Crippen LogP contribution is -2.60. The third kappa shape index (κ3) is 22.1. The number of hydrogen-bond donors (Lipinski definition) is 8. The molecule has 0 bridgehead atoms. The number of allylic oxidation sites excluding steroid dienone is 4. The molecule has 1 heterocycles. The summed E-state index contributed by atoms with van der Waals surface area (Å²) in [7, 11) is 0. The lowest BCUT2D eigenvalue weighted by atomic mass is 9.98. The van der Waals surface area contributed by atoms with Crippen molar-refractivity contribution in [1.82, 2.24) is 5.32 Å². The van der Waals surface area contributed by atoms with Crippen LogP contribution >= 0.6 is 0 Å². The Morgan fingerprint density at radius 2 is 1.15 bits per heavy atom. The average molecular weight is 744 g/mol. The van der Waals surface area contributed by atoms with E-state index in [1.807, 2.05) is 0 Å². The molecule has 1 fully saturated rings. The minimum atomic E-state index is -1.67. The molecule has 1 aliphatic heterocycles. The standard InChI is InChI=1S/C41H77NO10/c1-3-5-7-9-11-13-14-15-16-17-18-19-20-21-23-24-26-28-33(44)36(46)32(31-51-41-39(49)38(48)37(47)35(30-43)52-41)42-40(50)34(45)29-27-25-22-12-10-8-6-4-2/h17-18,21,23,32-39,41,43-49H,3-16,19-20,22,24-31H2,1-2H3,(H,42,50)/b18-17+,23-21+. The van der Waals surface area contributed by atoms with Crippen LogP contribution in [0.4, 0.5) is 0 Å². The molecule has 9 atom stereocenters. The number of rotatable bonds is 33. The quantitative estimate of drug-likeness (QED) is 0.0315. The summed E-state index contributed by atoms with van der Waals surface area (Å²) in [5.41, 5.74) is 0. The van der Waals surface area contributed by atoms with Gasteiger partial charge in [0, 0.05) is 0 Å². The lowest BCUT2D eigenvalue weighted by Gasteiger charge is -2.40. The first-order valence-corrected chi connectivity index (χ1v) is 20.7. The Balaban J connectivity index is 2.54. The first kappa shape index (κ1) is 48.6. The highest BCUT2D eigenvalue weighted by Gasteiger charge is 2.44. The first-order chi connectivity index (χ1) is 25.2. The molecule has 1 aliphatic rings. The van der Waals surface area contributed by atoms with Crippen LogP contribution < -0.4 is 5.32 Å². The third-order valence-corrected chi connectivity index (χ3v) is 9.98. The molecule has 1 amide bonds. The molecule has 0 aromatic carbocycles. The van der Waals surface area contributed by atoms with Crippen molar-refractivity contribution < 1.29 is 50.0 Å². The van der Waals surface area contributed by atoms with Gasteiger partial charge < -0.3 is 50.5 Å². The molecule has 1 rings (SSSR count). The molecule has 0 aliphatic carbocycles. The summed E-state index contributed by atoms with van der Waals surface area (Å²) in [5.74, 6) is -0.716. The Bertz CT molecular complexity index is 903. The van der Waals surface area contributed by atoms with Gasteiger partial charge >= 0.3 is 0 Å². The minimum Gasteiger partial charge on any atom is -0.394 e. The van der Waals surface area contributed by atoms with Gasteiger partial charge in [0.25, 0.3) is 0 Å². The van der Waals surface area contributed by atoms with E-state index in [-0.39, 0.29) is 12.8 Å². The summed E-state index contributed by atoms with van der Waals surface area (Å²) < 4.78 is 11.0. The second-order valence-electron chi connectivity index (χ2n) is 14.7. The van der Waals surface area contributed by atoms with E-state index in [0.717, 1.165) is 38.5 Å². The largest absolute Gasteiger partial charge is 0.394 e. The van der Waals surface area contributed by atoms with Gasteiger partial charge in [-0.25, -0.2) is 0 Å². The molecule has 0 aromatic heterocycles. The van der Waals surface area contributed by atoms with E-state index in [0.29, 0.717) is 19.3 Å². The highest BCUT2D eigenvalue weighted by atomic mass is 16.7. The Morgan fingerprint density at radius 1 is 0.654 bits per heavy atom. The Hall–Kier alpha value is -1.41. The van der Waals surface area contributed by atoms with Gasteiger partial charge in [0.2, 0.25) is 5.91 Å². The molecule has 306 valence electrons. The maximum Gasteiger partial charge on any atom is 0.249 e. The van der Waals surface area contributed by atoms with Crippen LogP contribution in [0.5, 0.6) is 0 Å². The van der Waals surface area contributed by atoms with E-state index in [2.05, 4.69) is 43.5 Å². The minimum absolute atomic E-state index is 0.247. The van der Waals surface area contributed by atoms with Crippen LogP contribution in [-0.2, 0) is 14.3 Å². The van der Waals surface area contributed by atoms with E-state index >= 15 is 0 Å². The maximum absolute atomic E-state index is 12.9. The van der Waals surface area contributed by atoms with Crippen LogP contribution in [0.2, 0.25) is 0 Å². The van der Waals surface area contributed by atoms with Crippen molar-refractivity contribution in [3.8, 4) is 0 Å². The smallest absolute Gasteiger partial charge is 0.249 e. The maximum atomic E-state index is 12.9. The first-order valence-electron chi connectivity index (χ1n) is 20.7. The van der Waals surface area contributed by atoms with Gasteiger partial charge in [0.05, 0.1) is 25.4 Å². The monoisotopic (exact) mass is 744 g/mol. The van der Waals surface area contributed by atoms with Crippen molar-refractivity contribution in [2.24, 2.45) is 0 Å². The summed E-state index contributed by atoms with van der Waals surface area (Å²) in [6.07, 6.45) is 21.1. The number of nitrogens with one attached hydrogen (secondary N) is 1. The normalized spacial score (nSPS) is 23.3. The SMILES string of the molecule is CCCCCCCCCC/C=C/CC/C=C/CCCC(O)C(O)C(COC1OC(CO)C(O)C(O)C1O)NC(=O)C(O)CCCCCCCCCC. The second-order valence-corrected chi connectivity index (χ2v) is 14.7. The van der Waals surface area contributed by atoms with Crippen LogP contribution in [0.3, 0.4) is 0 Å². The van der Waals surface area contributed by atoms with Crippen molar-refractivity contribution in [1.29, 1.82) is 0 Å². The molecular weight excluding hydrogens is 666 g/mol. The number of amides is 1. The zero-order chi connectivity index (χ0) is 38.4. The van der Waals surface area contributed by atoms with Crippen LogP contribution in [-0.4, -0.2) is 110 Å². The number of aliphatic hydroxyl groups excluding tert-OH is 7. The molecule has 0 saturated carbocycles. The van der Waals surface area contributed by atoms with E-state index in [1.54, 1.807) is 0 Å². The molecular formula is C41H77NO10. The summed E-state index contributed by atoms with van der Waals surface area (Å²) in [5, 5.41) is 75.1. The molecule has 11 heteroatoms. The molecule has 52 heavy (non-hydrogen) atoms. The van der Waals surface area contributed by atoms with Crippen molar-refractivity contribution >= 4 is 5.91 Å². The lowest BCUT2D eigenvalue weighted by molar-refractivity contribution is -0.303. The molecule has 0 radical (unpaired) electrons. The molecule has 0 spiro atoms. The number of ether oxygens (including phenoxy) is 2. The summed E-state index contributed by atoms with van der Waals surface area (Å²) in [4.78, 5) is 12.9. The van der Waals surface area contributed by atoms with Gasteiger partial charge in [-0.05, 0) is 51.4 Å². The Morgan fingerprint density at radius 3 is 1.71 bits per heavy atom. The fourth-order valence-corrected chi connectivity index (χ4v) is 6.45. The Labute approximate surface area is 314 Å². The van der Waals surface area contributed by atoms with Gasteiger partial charge in [-0.1, -0.05) is 134 Å². The van der Waals surface area contributed by atoms with Crippen molar-refractivity contribution in [3.63, 3.8) is 0 Å². The number of carbonyl (C=O) groups is 1. The third-order valence-electron chi connectivity index (χ3n) is 9.98. The fourth-order valence-electron chi connectivity index (χ4n) is 6.45. The summed E-state index contributed by atoms with van der Waals surface area (Å²) in [6, 6.07) is -1.18. The van der Waals surface area contributed by atoms with E-state index in [1.165, 1.54) is 77.0 Å². The van der Waals surface area contributed by atoms with Crippen LogP contribution in [0.15, 0.2) is 24.3 Å². The number of hydrogen-bond acceptors (Lipinski definition) is 10. The fraction of sp³-hybridized carbons (Fsp3) is 0.878. The average Bonchev–Trinajstić information content (AvgIpc) is 3.14.